The molecule has 3 amide bonds. The first-order valence-corrected chi connectivity index (χ1v) is 10.4. The fourth-order valence-corrected chi connectivity index (χ4v) is 3.76. The Hall–Kier alpha value is -4.40. The number of amides is 3. The number of anilines is 1. The van der Waals surface area contributed by atoms with Gasteiger partial charge in [0, 0.05) is 25.9 Å². The minimum absolute atomic E-state index is 0.0378. The predicted octanol–water partition coefficient (Wildman–Crippen LogP) is 3.12. The van der Waals surface area contributed by atoms with Crippen molar-refractivity contribution in [1.82, 2.24) is 9.88 Å². The van der Waals surface area contributed by atoms with E-state index in [1.807, 2.05) is 0 Å². The van der Waals surface area contributed by atoms with E-state index in [1.165, 1.54) is 60.5 Å². The van der Waals surface area contributed by atoms with Gasteiger partial charge in [-0.3, -0.25) is 24.2 Å². The summed E-state index contributed by atoms with van der Waals surface area (Å²) in [5.74, 6) is -2.79. The van der Waals surface area contributed by atoms with Crippen LogP contribution in [0, 0.1) is 5.82 Å². The smallest absolute Gasteiger partial charge is 0.308 e. The van der Waals surface area contributed by atoms with Crippen LogP contribution in [0.1, 0.15) is 29.3 Å². The summed E-state index contributed by atoms with van der Waals surface area (Å²) in [6.45, 7) is 1.22. The molecule has 1 atom stereocenters. The molecule has 9 heteroatoms. The first kappa shape index (κ1) is 22.8. The normalized spacial score (nSPS) is 15.4. The summed E-state index contributed by atoms with van der Waals surface area (Å²) in [6.07, 6.45) is 2.84. The lowest BCUT2D eigenvalue weighted by Crippen LogP contribution is -2.45. The summed E-state index contributed by atoms with van der Waals surface area (Å²) in [7, 11) is 0. The summed E-state index contributed by atoms with van der Waals surface area (Å²) in [4.78, 5) is 56.8. The standard InChI is InChI=1S/C25H20FN3O5/c1-16(30)34-19-10-8-18(9-11-19)29-23(31)13-22(25(29)33)28(15-17-5-4-12-27-14-17)24(32)20-6-2-3-7-21(20)26/h2-12,14,22H,13,15H2,1H3. The van der Waals surface area contributed by atoms with Crippen molar-refractivity contribution in [2.24, 2.45) is 0 Å². The molecular formula is C25H20FN3O5. The Morgan fingerprint density at radius 3 is 2.47 bits per heavy atom. The third kappa shape index (κ3) is 4.68. The third-order valence-corrected chi connectivity index (χ3v) is 5.30. The van der Waals surface area contributed by atoms with E-state index in [0.29, 0.717) is 5.56 Å². The van der Waals surface area contributed by atoms with Crippen LogP contribution in [0.2, 0.25) is 0 Å². The number of halogens is 1. The number of hydrogen-bond acceptors (Lipinski definition) is 6. The Bertz CT molecular complexity index is 1250. The van der Waals surface area contributed by atoms with E-state index in [2.05, 4.69) is 4.98 Å². The number of pyridine rings is 1. The molecule has 3 aromatic rings. The molecule has 0 radical (unpaired) electrons. The van der Waals surface area contributed by atoms with Crippen LogP contribution in [0.15, 0.2) is 73.1 Å². The molecule has 1 unspecified atom stereocenters. The van der Waals surface area contributed by atoms with Crippen molar-refractivity contribution < 1.29 is 28.3 Å². The van der Waals surface area contributed by atoms with Crippen LogP contribution in [-0.4, -0.2) is 39.6 Å². The van der Waals surface area contributed by atoms with E-state index in [1.54, 1.807) is 18.3 Å². The molecule has 172 valence electrons. The van der Waals surface area contributed by atoms with Gasteiger partial charge in [-0.05, 0) is 48.0 Å². The molecule has 0 saturated carbocycles. The molecule has 1 aromatic heterocycles. The van der Waals surface area contributed by atoms with E-state index in [9.17, 15) is 23.6 Å². The minimum atomic E-state index is -1.13. The summed E-state index contributed by atoms with van der Waals surface area (Å²) < 4.78 is 19.4. The second-order valence-electron chi connectivity index (χ2n) is 7.65. The van der Waals surface area contributed by atoms with Crippen molar-refractivity contribution in [1.29, 1.82) is 0 Å². The quantitative estimate of drug-likeness (QED) is 0.318. The Morgan fingerprint density at radius 2 is 1.82 bits per heavy atom. The number of ether oxygens (including phenoxy) is 1. The first-order chi connectivity index (χ1) is 16.3. The van der Waals surface area contributed by atoms with Gasteiger partial charge >= 0.3 is 5.97 Å². The summed E-state index contributed by atoms with van der Waals surface area (Å²) in [5.41, 5.74) is 0.695. The van der Waals surface area contributed by atoms with Crippen molar-refractivity contribution in [3.63, 3.8) is 0 Å². The van der Waals surface area contributed by atoms with Crippen molar-refractivity contribution in [2.45, 2.75) is 25.9 Å². The molecule has 1 aliphatic heterocycles. The number of carbonyl (C=O) groups excluding carboxylic acids is 4. The van der Waals surface area contributed by atoms with Crippen LogP contribution in [0.4, 0.5) is 10.1 Å². The van der Waals surface area contributed by atoms with Crippen molar-refractivity contribution in [2.75, 3.05) is 4.90 Å². The van der Waals surface area contributed by atoms with Gasteiger partial charge < -0.3 is 9.64 Å². The number of carbonyl (C=O) groups is 4. The third-order valence-electron chi connectivity index (χ3n) is 5.30. The lowest BCUT2D eigenvalue weighted by Gasteiger charge is -2.28. The number of esters is 1. The fourth-order valence-electron chi connectivity index (χ4n) is 3.76. The van der Waals surface area contributed by atoms with Gasteiger partial charge in [0.15, 0.2) is 0 Å². The van der Waals surface area contributed by atoms with Crippen LogP contribution in [0.25, 0.3) is 0 Å². The zero-order valence-corrected chi connectivity index (χ0v) is 18.2. The molecule has 4 rings (SSSR count). The molecule has 1 saturated heterocycles. The number of aromatic nitrogens is 1. The van der Waals surface area contributed by atoms with E-state index in [-0.39, 0.29) is 30.0 Å². The van der Waals surface area contributed by atoms with Crippen molar-refractivity contribution >= 4 is 29.4 Å². The number of rotatable bonds is 6. The Balaban J connectivity index is 1.65. The van der Waals surface area contributed by atoms with Gasteiger partial charge in [0.1, 0.15) is 17.6 Å². The number of benzene rings is 2. The molecule has 1 aliphatic rings. The summed E-state index contributed by atoms with van der Waals surface area (Å²) in [5, 5.41) is 0. The first-order valence-electron chi connectivity index (χ1n) is 10.4. The topological polar surface area (TPSA) is 96.9 Å². The van der Waals surface area contributed by atoms with Crippen LogP contribution >= 0.6 is 0 Å². The molecule has 8 nitrogen and oxygen atoms in total. The summed E-state index contributed by atoms with van der Waals surface area (Å²) >= 11 is 0. The van der Waals surface area contributed by atoms with Gasteiger partial charge in [0.2, 0.25) is 5.91 Å². The van der Waals surface area contributed by atoms with Crippen LogP contribution in [-0.2, 0) is 20.9 Å². The van der Waals surface area contributed by atoms with Gasteiger partial charge in [-0.1, -0.05) is 18.2 Å². The van der Waals surface area contributed by atoms with Crippen molar-refractivity contribution in [3.8, 4) is 5.75 Å². The monoisotopic (exact) mass is 461 g/mol. The second-order valence-corrected chi connectivity index (χ2v) is 7.65. The maximum atomic E-state index is 14.4. The largest absolute Gasteiger partial charge is 0.427 e. The molecule has 1 fully saturated rings. The molecule has 0 aliphatic carbocycles. The Kier molecular flexibility index (Phi) is 6.44. The Labute approximate surface area is 194 Å². The van der Waals surface area contributed by atoms with Crippen LogP contribution < -0.4 is 9.64 Å². The van der Waals surface area contributed by atoms with Gasteiger partial charge in [-0.2, -0.15) is 0 Å². The highest BCUT2D eigenvalue weighted by Crippen LogP contribution is 2.29. The van der Waals surface area contributed by atoms with E-state index < -0.39 is 35.5 Å². The van der Waals surface area contributed by atoms with E-state index in [4.69, 9.17) is 4.74 Å². The average Bonchev–Trinajstić information content (AvgIpc) is 3.12. The molecule has 0 spiro atoms. The second kappa shape index (κ2) is 9.62. The summed E-state index contributed by atoms with van der Waals surface area (Å²) in [6, 6.07) is 13.6. The van der Waals surface area contributed by atoms with Crippen molar-refractivity contribution in [3.05, 3.63) is 90.0 Å². The average molecular weight is 461 g/mol. The van der Waals surface area contributed by atoms with Gasteiger partial charge in [-0.15, -0.1) is 0 Å². The predicted molar refractivity (Wildman–Crippen MR) is 119 cm³/mol. The highest BCUT2D eigenvalue weighted by Gasteiger charge is 2.44. The number of imide groups is 1. The van der Waals surface area contributed by atoms with Gasteiger partial charge in [0.25, 0.3) is 11.8 Å². The van der Waals surface area contributed by atoms with Gasteiger partial charge in [-0.25, -0.2) is 9.29 Å². The molecule has 2 aromatic carbocycles. The Morgan fingerprint density at radius 1 is 1.09 bits per heavy atom. The molecule has 0 N–H and O–H groups in total. The molecule has 34 heavy (non-hydrogen) atoms. The zero-order chi connectivity index (χ0) is 24.2. The van der Waals surface area contributed by atoms with Crippen LogP contribution in [0.3, 0.4) is 0 Å². The highest BCUT2D eigenvalue weighted by molar-refractivity contribution is 6.23. The van der Waals surface area contributed by atoms with E-state index in [0.717, 1.165) is 11.0 Å². The maximum Gasteiger partial charge on any atom is 0.308 e. The SMILES string of the molecule is CC(=O)Oc1ccc(N2C(=O)CC(N(Cc3cccnc3)C(=O)c3ccccc3F)C2=O)cc1. The minimum Gasteiger partial charge on any atom is -0.427 e. The number of hydrogen-bond donors (Lipinski definition) is 0. The molecular weight excluding hydrogens is 441 g/mol. The van der Waals surface area contributed by atoms with Crippen LogP contribution in [0.5, 0.6) is 5.75 Å². The molecule has 2 heterocycles. The zero-order valence-electron chi connectivity index (χ0n) is 18.2. The lowest BCUT2D eigenvalue weighted by molar-refractivity contribution is -0.132. The highest BCUT2D eigenvalue weighted by atomic mass is 19.1. The fraction of sp³-hybridized carbons (Fsp3) is 0.160. The molecule has 0 bridgehead atoms. The van der Waals surface area contributed by atoms with E-state index >= 15 is 0 Å². The lowest BCUT2D eigenvalue weighted by atomic mass is 10.1. The van der Waals surface area contributed by atoms with Gasteiger partial charge in [0.05, 0.1) is 17.7 Å². The maximum absolute atomic E-state index is 14.4. The number of nitrogens with zero attached hydrogens (tertiary/aromatic N) is 3.